The molecule has 24 heavy (non-hydrogen) atoms. The van der Waals surface area contributed by atoms with Gasteiger partial charge in [0.05, 0.1) is 17.5 Å². The van der Waals surface area contributed by atoms with Gasteiger partial charge in [-0.25, -0.2) is 0 Å². The van der Waals surface area contributed by atoms with E-state index in [1.165, 1.54) is 6.20 Å². The topological polar surface area (TPSA) is 101 Å². The number of benzene rings is 2. The third kappa shape index (κ3) is 3.03. The molecule has 0 aliphatic carbocycles. The normalized spacial score (nSPS) is 10.4. The number of nitrogens with zero attached hydrogens (tertiary/aromatic N) is 1. The lowest BCUT2D eigenvalue weighted by Crippen LogP contribution is -2.15. The van der Waals surface area contributed by atoms with Crippen molar-refractivity contribution in [1.29, 1.82) is 0 Å². The van der Waals surface area contributed by atoms with Gasteiger partial charge >= 0.3 is 0 Å². The fraction of sp³-hybridized carbons (Fsp3) is 0.0556. The van der Waals surface area contributed by atoms with Gasteiger partial charge in [-0.2, -0.15) is 5.10 Å². The van der Waals surface area contributed by atoms with Crippen molar-refractivity contribution >= 4 is 17.5 Å². The van der Waals surface area contributed by atoms with Crippen LogP contribution < -0.4 is 11.1 Å². The van der Waals surface area contributed by atoms with Gasteiger partial charge in [-0.05, 0) is 30.7 Å². The number of carbonyl (C=O) groups is 2. The third-order valence-corrected chi connectivity index (χ3v) is 3.70. The molecule has 0 unspecified atom stereocenters. The van der Waals surface area contributed by atoms with Crippen molar-refractivity contribution in [2.24, 2.45) is 5.73 Å². The van der Waals surface area contributed by atoms with Crippen LogP contribution in [0.2, 0.25) is 0 Å². The molecule has 1 aromatic heterocycles. The highest BCUT2D eigenvalue weighted by Crippen LogP contribution is 2.22. The average molecular weight is 320 g/mol. The molecule has 0 aliphatic heterocycles. The largest absolute Gasteiger partial charge is 0.366 e. The maximum Gasteiger partial charge on any atom is 0.259 e. The molecule has 6 nitrogen and oxygen atoms in total. The number of amides is 2. The van der Waals surface area contributed by atoms with Crippen molar-refractivity contribution in [2.45, 2.75) is 6.92 Å². The standard InChI is InChI=1S/C18H16N4O2/c1-11-9-13(7-8-14(11)17(19)23)21-18(24)15-10-20-22-16(15)12-5-3-2-4-6-12/h2-10H,1H3,(H2,19,23)(H,20,22)(H,21,24). The van der Waals surface area contributed by atoms with E-state index in [1.807, 2.05) is 30.3 Å². The van der Waals surface area contributed by atoms with Crippen LogP contribution in [0, 0.1) is 6.92 Å². The maximum atomic E-state index is 12.5. The van der Waals surface area contributed by atoms with Gasteiger partial charge in [0.25, 0.3) is 5.91 Å². The van der Waals surface area contributed by atoms with Gasteiger partial charge in [0.1, 0.15) is 0 Å². The number of nitrogens with two attached hydrogens (primary N) is 1. The number of hydrogen-bond acceptors (Lipinski definition) is 3. The minimum Gasteiger partial charge on any atom is -0.366 e. The Hall–Kier alpha value is -3.41. The Balaban J connectivity index is 1.86. The summed E-state index contributed by atoms with van der Waals surface area (Å²) in [6, 6.07) is 14.4. The van der Waals surface area contributed by atoms with Crippen LogP contribution in [0.15, 0.2) is 54.7 Å². The number of carbonyl (C=O) groups excluding carboxylic acids is 2. The molecule has 2 aromatic carbocycles. The number of primary amides is 1. The first-order valence-corrected chi connectivity index (χ1v) is 7.37. The number of H-pyrrole nitrogens is 1. The van der Waals surface area contributed by atoms with E-state index in [1.54, 1.807) is 25.1 Å². The van der Waals surface area contributed by atoms with E-state index in [2.05, 4.69) is 15.5 Å². The van der Waals surface area contributed by atoms with E-state index in [0.29, 0.717) is 28.1 Å². The van der Waals surface area contributed by atoms with Gasteiger partial charge < -0.3 is 11.1 Å². The second-order valence-electron chi connectivity index (χ2n) is 5.37. The molecule has 0 spiro atoms. The van der Waals surface area contributed by atoms with E-state index in [4.69, 9.17) is 5.73 Å². The van der Waals surface area contributed by atoms with Crippen LogP contribution in [0.4, 0.5) is 5.69 Å². The molecule has 6 heteroatoms. The smallest absolute Gasteiger partial charge is 0.259 e. The maximum absolute atomic E-state index is 12.5. The summed E-state index contributed by atoms with van der Waals surface area (Å²) in [5.74, 6) is -0.777. The summed E-state index contributed by atoms with van der Waals surface area (Å²) in [4.78, 5) is 23.8. The lowest BCUT2D eigenvalue weighted by Gasteiger charge is -2.08. The fourth-order valence-electron chi connectivity index (χ4n) is 2.50. The fourth-order valence-corrected chi connectivity index (χ4v) is 2.50. The first-order valence-electron chi connectivity index (χ1n) is 7.37. The lowest BCUT2D eigenvalue weighted by atomic mass is 10.1. The van der Waals surface area contributed by atoms with Gasteiger partial charge in [-0.3, -0.25) is 14.7 Å². The van der Waals surface area contributed by atoms with Crippen LogP contribution >= 0.6 is 0 Å². The molecule has 0 radical (unpaired) electrons. The van der Waals surface area contributed by atoms with Gasteiger partial charge in [0.2, 0.25) is 5.91 Å². The molecule has 0 saturated carbocycles. The van der Waals surface area contributed by atoms with Crippen molar-refractivity contribution in [3.63, 3.8) is 0 Å². The number of anilines is 1. The number of rotatable bonds is 4. The van der Waals surface area contributed by atoms with Crippen molar-refractivity contribution in [3.8, 4) is 11.3 Å². The Labute approximate surface area is 138 Å². The summed E-state index contributed by atoms with van der Waals surface area (Å²) >= 11 is 0. The number of aromatic nitrogens is 2. The number of aromatic amines is 1. The SMILES string of the molecule is Cc1cc(NC(=O)c2cn[nH]c2-c2ccccc2)ccc1C(N)=O. The molecule has 0 fully saturated rings. The average Bonchev–Trinajstić information content (AvgIpc) is 3.05. The highest BCUT2D eigenvalue weighted by molar-refractivity contribution is 6.08. The summed E-state index contributed by atoms with van der Waals surface area (Å²) < 4.78 is 0. The Morgan fingerprint density at radius 3 is 2.50 bits per heavy atom. The molecule has 0 bridgehead atoms. The minimum atomic E-state index is -0.494. The number of hydrogen-bond donors (Lipinski definition) is 3. The number of nitrogens with one attached hydrogen (secondary N) is 2. The molecule has 0 saturated heterocycles. The Morgan fingerprint density at radius 2 is 1.83 bits per heavy atom. The predicted octanol–water partition coefficient (Wildman–Crippen LogP) is 2.74. The molecular formula is C18H16N4O2. The molecule has 2 amide bonds. The van der Waals surface area contributed by atoms with Crippen LogP contribution in [0.25, 0.3) is 11.3 Å². The molecule has 0 atom stereocenters. The zero-order valence-corrected chi connectivity index (χ0v) is 13.0. The van der Waals surface area contributed by atoms with Crippen molar-refractivity contribution in [2.75, 3.05) is 5.32 Å². The molecule has 120 valence electrons. The third-order valence-electron chi connectivity index (χ3n) is 3.70. The zero-order chi connectivity index (χ0) is 17.1. The zero-order valence-electron chi connectivity index (χ0n) is 13.0. The van der Waals surface area contributed by atoms with Crippen molar-refractivity contribution in [3.05, 3.63) is 71.4 Å². The highest BCUT2D eigenvalue weighted by Gasteiger charge is 2.16. The summed E-state index contributed by atoms with van der Waals surface area (Å²) in [5.41, 5.74) is 8.98. The molecule has 3 rings (SSSR count). The van der Waals surface area contributed by atoms with Crippen LogP contribution in [-0.4, -0.2) is 22.0 Å². The first-order chi connectivity index (χ1) is 11.6. The van der Waals surface area contributed by atoms with E-state index >= 15 is 0 Å². The minimum absolute atomic E-state index is 0.283. The quantitative estimate of drug-likeness (QED) is 0.689. The van der Waals surface area contributed by atoms with E-state index in [-0.39, 0.29) is 5.91 Å². The van der Waals surface area contributed by atoms with E-state index in [0.717, 1.165) is 5.56 Å². The van der Waals surface area contributed by atoms with Gasteiger partial charge in [-0.1, -0.05) is 30.3 Å². The second-order valence-corrected chi connectivity index (χ2v) is 5.37. The molecular weight excluding hydrogens is 304 g/mol. The van der Waals surface area contributed by atoms with E-state index < -0.39 is 5.91 Å². The predicted molar refractivity (Wildman–Crippen MR) is 91.7 cm³/mol. The highest BCUT2D eigenvalue weighted by atomic mass is 16.2. The first kappa shape index (κ1) is 15.5. The van der Waals surface area contributed by atoms with Crippen molar-refractivity contribution < 1.29 is 9.59 Å². The van der Waals surface area contributed by atoms with Gasteiger partial charge in [-0.15, -0.1) is 0 Å². The van der Waals surface area contributed by atoms with Gasteiger partial charge in [0.15, 0.2) is 0 Å². The Bertz CT molecular complexity index is 900. The van der Waals surface area contributed by atoms with Crippen molar-refractivity contribution in [1.82, 2.24) is 10.2 Å². The Kier molecular flexibility index (Phi) is 4.11. The van der Waals surface area contributed by atoms with Crippen LogP contribution in [0.1, 0.15) is 26.3 Å². The Morgan fingerprint density at radius 1 is 1.08 bits per heavy atom. The summed E-state index contributed by atoms with van der Waals surface area (Å²) in [6.07, 6.45) is 1.49. The van der Waals surface area contributed by atoms with Crippen LogP contribution in [-0.2, 0) is 0 Å². The summed E-state index contributed by atoms with van der Waals surface area (Å²) in [6.45, 7) is 1.77. The lowest BCUT2D eigenvalue weighted by molar-refractivity contribution is 0.0997. The second kappa shape index (κ2) is 6.37. The molecule has 1 heterocycles. The number of aryl methyl sites for hydroxylation is 1. The molecule has 4 N–H and O–H groups in total. The van der Waals surface area contributed by atoms with Crippen LogP contribution in [0.3, 0.4) is 0 Å². The molecule has 3 aromatic rings. The van der Waals surface area contributed by atoms with E-state index in [9.17, 15) is 9.59 Å². The van der Waals surface area contributed by atoms with Crippen LogP contribution in [0.5, 0.6) is 0 Å². The van der Waals surface area contributed by atoms with Gasteiger partial charge in [0, 0.05) is 16.8 Å². The summed E-state index contributed by atoms with van der Waals surface area (Å²) in [7, 11) is 0. The summed E-state index contributed by atoms with van der Waals surface area (Å²) in [5, 5.41) is 9.63. The monoisotopic (exact) mass is 320 g/mol. The molecule has 0 aliphatic rings.